The number of hydrogen-bond donors (Lipinski definition) is 0. The third-order valence-electron chi connectivity index (χ3n) is 2.80. The normalized spacial score (nSPS) is 10.4. The Bertz CT molecular complexity index is 666. The molecule has 0 atom stereocenters. The Morgan fingerprint density at radius 1 is 1.13 bits per heavy atom. The molecule has 0 bridgehead atoms. The van der Waals surface area contributed by atoms with E-state index in [0.29, 0.717) is 34.0 Å². The lowest BCUT2D eigenvalue weighted by Crippen LogP contribution is -2.09. The van der Waals surface area contributed by atoms with Crippen LogP contribution in [0.2, 0.25) is 10.0 Å². The number of esters is 1. The van der Waals surface area contributed by atoms with E-state index in [-0.39, 0.29) is 10.8 Å². The molecule has 2 aromatic carbocycles. The van der Waals surface area contributed by atoms with Crippen LogP contribution in [0.4, 0.5) is 0 Å². The molecule has 0 unspecified atom stereocenters. The predicted octanol–water partition coefficient (Wildman–Crippen LogP) is 5.00. The number of carbonyl (C=O) groups is 1. The first-order valence-corrected chi connectivity index (χ1v) is 8.14. The van der Waals surface area contributed by atoms with Crippen LogP contribution in [-0.2, 0) is 4.74 Å². The van der Waals surface area contributed by atoms with Crippen LogP contribution in [0.3, 0.4) is 0 Å². The lowest BCUT2D eigenvalue weighted by Gasteiger charge is -2.10. The van der Waals surface area contributed by atoms with Gasteiger partial charge in [-0.2, -0.15) is 0 Å². The number of hydrogen-bond acceptors (Lipinski definition) is 4. The molecule has 122 valence electrons. The van der Waals surface area contributed by atoms with E-state index in [2.05, 4.69) is 15.9 Å². The Morgan fingerprint density at radius 2 is 1.83 bits per heavy atom. The van der Waals surface area contributed by atoms with Crippen molar-refractivity contribution in [3.8, 4) is 11.5 Å². The van der Waals surface area contributed by atoms with Gasteiger partial charge in [-0.3, -0.25) is 0 Å². The van der Waals surface area contributed by atoms with Crippen molar-refractivity contribution in [3.05, 3.63) is 56.5 Å². The Hall–Kier alpha value is -1.27. The van der Waals surface area contributed by atoms with E-state index in [9.17, 15) is 4.79 Å². The van der Waals surface area contributed by atoms with Gasteiger partial charge in [-0.05, 0) is 52.3 Å². The standard InChI is InChI=1S/C16H13BrCl2O4/c1-21-6-7-22-12-4-2-10(3-5-12)16(20)23-15-13(17)8-11(18)9-14(15)19/h2-5,8-9H,6-7H2,1H3. The first kappa shape index (κ1) is 18.1. The SMILES string of the molecule is COCCOc1ccc(C(=O)Oc2c(Cl)cc(Cl)cc2Br)cc1. The van der Waals surface area contributed by atoms with Crippen LogP contribution in [0.5, 0.6) is 11.5 Å². The van der Waals surface area contributed by atoms with Gasteiger partial charge >= 0.3 is 5.97 Å². The van der Waals surface area contributed by atoms with Gasteiger partial charge in [0.15, 0.2) is 5.75 Å². The van der Waals surface area contributed by atoms with Gasteiger partial charge in [0, 0.05) is 12.1 Å². The maximum absolute atomic E-state index is 12.2. The average molecular weight is 420 g/mol. The van der Waals surface area contributed by atoms with Gasteiger partial charge in [-0.25, -0.2) is 4.79 Å². The van der Waals surface area contributed by atoms with Crippen LogP contribution in [0, 0.1) is 0 Å². The van der Waals surface area contributed by atoms with Crippen molar-refractivity contribution in [1.82, 2.24) is 0 Å². The zero-order chi connectivity index (χ0) is 16.8. The van der Waals surface area contributed by atoms with Crippen molar-refractivity contribution in [2.24, 2.45) is 0 Å². The van der Waals surface area contributed by atoms with Crippen LogP contribution >= 0.6 is 39.1 Å². The lowest BCUT2D eigenvalue weighted by molar-refractivity contribution is 0.0733. The third-order valence-corrected chi connectivity index (χ3v) is 3.89. The number of carbonyl (C=O) groups excluding carboxylic acids is 1. The topological polar surface area (TPSA) is 44.8 Å². The Kier molecular flexibility index (Phi) is 6.72. The Balaban J connectivity index is 2.06. The maximum atomic E-state index is 12.2. The van der Waals surface area contributed by atoms with Crippen LogP contribution in [0.15, 0.2) is 40.9 Å². The van der Waals surface area contributed by atoms with Crippen LogP contribution in [0.1, 0.15) is 10.4 Å². The van der Waals surface area contributed by atoms with Gasteiger partial charge in [0.1, 0.15) is 12.4 Å². The van der Waals surface area contributed by atoms with Crippen molar-refractivity contribution in [2.45, 2.75) is 0 Å². The minimum atomic E-state index is -0.529. The van der Waals surface area contributed by atoms with Crippen molar-refractivity contribution in [2.75, 3.05) is 20.3 Å². The molecule has 0 saturated carbocycles. The zero-order valence-electron chi connectivity index (χ0n) is 12.1. The molecule has 0 heterocycles. The van der Waals surface area contributed by atoms with E-state index in [0.717, 1.165) is 0 Å². The summed E-state index contributed by atoms with van der Waals surface area (Å²) in [5.41, 5.74) is 0.377. The molecule has 7 heteroatoms. The Labute approximate surface area is 152 Å². The highest BCUT2D eigenvalue weighted by Crippen LogP contribution is 2.36. The molecular formula is C16H13BrCl2O4. The molecule has 0 aliphatic heterocycles. The molecule has 0 spiro atoms. The van der Waals surface area contributed by atoms with E-state index in [1.807, 2.05) is 0 Å². The van der Waals surface area contributed by atoms with Crippen molar-refractivity contribution >= 4 is 45.1 Å². The highest BCUT2D eigenvalue weighted by Gasteiger charge is 2.15. The van der Waals surface area contributed by atoms with E-state index in [1.165, 1.54) is 6.07 Å². The summed E-state index contributed by atoms with van der Waals surface area (Å²) < 4.78 is 16.1. The molecule has 2 rings (SSSR count). The van der Waals surface area contributed by atoms with E-state index in [4.69, 9.17) is 37.4 Å². The second-order valence-corrected chi connectivity index (χ2v) is 6.15. The van der Waals surface area contributed by atoms with Gasteiger partial charge in [0.2, 0.25) is 0 Å². The van der Waals surface area contributed by atoms with Crippen molar-refractivity contribution in [1.29, 1.82) is 0 Å². The second-order valence-electron chi connectivity index (χ2n) is 4.45. The number of ether oxygens (including phenoxy) is 3. The summed E-state index contributed by atoms with van der Waals surface area (Å²) in [4.78, 5) is 12.2. The lowest BCUT2D eigenvalue weighted by atomic mass is 10.2. The summed E-state index contributed by atoms with van der Waals surface area (Å²) in [5.74, 6) is 0.337. The van der Waals surface area contributed by atoms with Gasteiger partial charge in [0.25, 0.3) is 0 Å². The second kappa shape index (κ2) is 8.55. The summed E-state index contributed by atoms with van der Waals surface area (Å²) in [7, 11) is 1.60. The van der Waals surface area contributed by atoms with Crippen LogP contribution in [0.25, 0.3) is 0 Å². The molecule has 0 radical (unpaired) electrons. The smallest absolute Gasteiger partial charge is 0.343 e. The van der Waals surface area contributed by atoms with Crippen molar-refractivity contribution < 1.29 is 19.0 Å². The fourth-order valence-electron chi connectivity index (χ4n) is 1.71. The van der Waals surface area contributed by atoms with Gasteiger partial charge in [0.05, 0.1) is 21.7 Å². The summed E-state index contributed by atoms with van der Waals surface area (Å²) in [6.07, 6.45) is 0. The van der Waals surface area contributed by atoms with E-state index >= 15 is 0 Å². The van der Waals surface area contributed by atoms with E-state index < -0.39 is 5.97 Å². The molecule has 2 aromatic rings. The monoisotopic (exact) mass is 418 g/mol. The third kappa shape index (κ3) is 5.11. The number of benzene rings is 2. The number of halogens is 3. The Morgan fingerprint density at radius 3 is 2.43 bits per heavy atom. The van der Waals surface area contributed by atoms with Gasteiger partial charge < -0.3 is 14.2 Å². The van der Waals surface area contributed by atoms with Gasteiger partial charge in [-0.1, -0.05) is 23.2 Å². The van der Waals surface area contributed by atoms with Crippen LogP contribution < -0.4 is 9.47 Å². The van der Waals surface area contributed by atoms with Crippen LogP contribution in [-0.4, -0.2) is 26.3 Å². The molecular weight excluding hydrogens is 407 g/mol. The minimum absolute atomic E-state index is 0.224. The molecule has 4 nitrogen and oxygen atoms in total. The highest BCUT2D eigenvalue weighted by atomic mass is 79.9. The van der Waals surface area contributed by atoms with Crippen molar-refractivity contribution in [3.63, 3.8) is 0 Å². The summed E-state index contributed by atoms with van der Waals surface area (Å²) in [6, 6.07) is 9.70. The fraction of sp³-hybridized carbons (Fsp3) is 0.188. The zero-order valence-corrected chi connectivity index (χ0v) is 15.2. The molecule has 0 aromatic heterocycles. The minimum Gasteiger partial charge on any atom is -0.491 e. The molecule has 0 saturated heterocycles. The molecule has 0 aliphatic carbocycles. The first-order valence-electron chi connectivity index (χ1n) is 6.60. The number of methoxy groups -OCH3 is 1. The maximum Gasteiger partial charge on any atom is 0.343 e. The quantitative estimate of drug-likeness (QED) is 0.375. The average Bonchev–Trinajstić information content (AvgIpc) is 2.51. The van der Waals surface area contributed by atoms with Gasteiger partial charge in [-0.15, -0.1) is 0 Å². The number of rotatable bonds is 6. The highest BCUT2D eigenvalue weighted by molar-refractivity contribution is 9.10. The largest absolute Gasteiger partial charge is 0.491 e. The molecule has 0 aliphatic rings. The molecule has 0 amide bonds. The van der Waals surface area contributed by atoms with E-state index in [1.54, 1.807) is 37.4 Å². The molecule has 0 N–H and O–H groups in total. The molecule has 0 fully saturated rings. The predicted molar refractivity (Wildman–Crippen MR) is 92.9 cm³/mol. The fourth-order valence-corrected chi connectivity index (χ4v) is 3.03. The molecule has 23 heavy (non-hydrogen) atoms. The summed E-state index contributed by atoms with van der Waals surface area (Å²) in [6.45, 7) is 0.931. The first-order chi connectivity index (χ1) is 11.0. The summed E-state index contributed by atoms with van der Waals surface area (Å²) >= 11 is 15.2. The summed E-state index contributed by atoms with van der Waals surface area (Å²) in [5, 5.41) is 0.691.